The van der Waals surface area contributed by atoms with Crippen LogP contribution in [0, 0.1) is 12.3 Å². The van der Waals surface area contributed by atoms with Gasteiger partial charge in [-0.3, -0.25) is 4.98 Å². The third kappa shape index (κ3) is 1.11. The molecule has 2 N–H and O–H groups in total. The summed E-state index contributed by atoms with van der Waals surface area (Å²) in [5, 5.41) is 1.90. The molecule has 0 saturated heterocycles. The van der Waals surface area contributed by atoms with E-state index in [-0.39, 0.29) is 0 Å². The Morgan fingerprint density at radius 2 is 2.08 bits per heavy atom. The molecule has 0 spiro atoms. The van der Waals surface area contributed by atoms with Gasteiger partial charge in [0.1, 0.15) is 0 Å². The summed E-state index contributed by atoms with van der Waals surface area (Å²) in [5.74, 6) is 2.58. The summed E-state index contributed by atoms with van der Waals surface area (Å²) in [5.41, 5.74) is 7.26. The van der Waals surface area contributed by atoms with Crippen LogP contribution in [-0.4, -0.2) is 4.98 Å². The molecule has 1 heterocycles. The van der Waals surface area contributed by atoms with E-state index in [1.807, 2.05) is 18.2 Å². The topological polar surface area (TPSA) is 38.9 Å². The van der Waals surface area contributed by atoms with Crippen molar-refractivity contribution in [2.24, 2.45) is 0 Å². The number of terminal acetylenes is 1. The van der Waals surface area contributed by atoms with Gasteiger partial charge in [0.05, 0.1) is 5.56 Å². The van der Waals surface area contributed by atoms with Gasteiger partial charge in [0, 0.05) is 28.9 Å². The molecule has 0 atom stereocenters. The van der Waals surface area contributed by atoms with E-state index >= 15 is 0 Å². The number of hydrogen-bond donors (Lipinski definition) is 1. The second-order valence-electron chi connectivity index (χ2n) is 2.77. The molecule has 0 bridgehead atoms. The quantitative estimate of drug-likeness (QED) is 0.481. The van der Waals surface area contributed by atoms with Crippen molar-refractivity contribution < 1.29 is 0 Å². The lowest BCUT2D eigenvalue weighted by atomic mass is 10.1. The molecule has 2 aromatic rings. The summed E-state index contributed by atoms with van der Waals surface area (Å²) in [6.45, 7) is 0. The van der Waals surface area contributed by atoms with Crippen LogP contribution in [0.4, 0.5) is 5.69 Å². The molecule has 1 aromatic carbocycles. The molecule has 0 unspecified atom stereocenters. The SMILES string of the molecule is C#Cc1cncc2c(N)cccc12. The van der Waals surface area contributed by atoms with Crippen molar-refractivity contribution in [3.8, 4) is 12.3 Å². The van der Waals surface area contributed by atoms with E-state index in [0.717, 1.165) is 16.3 Å². The Bertz CT molecular complexity index is 495. The second kappa shape index (κ2) is 2.80. The third-order valence-electron chi connectivity index (χ3n) is 1.99. The van der Waals surface area contributed by atoms with Crippen LogP contribution in [0.5, 0.6) is 0 Å². The van der Waals surface area contributed by atoms with E-state index in [1.54, 1.807) is 12.4 Å². The van der Waals surface area contributed by atoms with Gasteiger partial charge in [0.2, 0.25) is 0 Å². The predicted octanol–water partition coefficient (Wildman–Crippen LogP) is 1.80. The molecule has 2 nitrogen and oxygen atoms in total. The minimum absolute atomic E-state index is 0.710. The second-order valence-corrected chi connectivity index (χ2v) is 2.77. The van der Waals surface area contributed by atoms with Crippen molar-refractivity contribution in [1.29, 1.82) is 0 Å². The fourth-order valence-electron chi connectivity index (χ4n) is 1.33. The van der Waals surface area contributed by atoms with E-state index in [4.69, 9.17) is 12.2 Å². The maximum Gasteiger partial charge on any atom is 0.0505 e. The van der Waals surface area contributed by atoms with Crippen LogP contribution >= 0.6 is 0 Å². The van der Waals surface area contributed by atoms with Crippen molar-refractivity contribution in [3.63, 3.8) is 0 Å². The minimum atomic E-state index is 0.710. The summed E-state index contributed by atoms with van der Waals surface area (Å²) in [6, 6.07) is 5.67. The molecule has 1 aromatic heterocycles. The van der Waals surface area contributed by atoms with Crippen LogP contribution in [0.3, 0.4) is 0 Å². The Morgan fingerprint density at radius 1 is 1.23 bits per heavy atom. The Morgan fingerprint density at radius 3 is 2.85 bits per heavy atom. The highest BCUT2D eigenvalue weighted by Gasteiger charge is 2.00. The van der Waals surface area contributed by atoms with Crippen LogP contribution < -0.4 is 5.73 Å². The van der Waals surface area contributed by atoms with Gasteiger partial charge in [-0.25, -0.2) is 0 Å². The summed E-state index contributed by atoms with van der Waals surface area (Å²) < 4.78 is 0. The van der Waals surface area contributed by atoms with Crippen molar-refractivity contribution >= 4 is 16.5 Å². The van der Waals surface area contributed by atoms with Gasteiger partial charge in [-0.2, -0.15) is 0 Å². The van der Waals surface area contributed by atoms with Gasteiger partial charge in [0.15, 0.2) is 0 Å². The number of nitrogen functional groups attached to an aromatic ring is 1. The van der Waals surface area contributed by atoms with Crippen molar-refractivity contribution in [3.05, 3.63) is 36.2 Å². The average molecular weight is 168 g/mol. The summed E-state index contributed by atoms with van der Waals surface area (Å²) in [4.78, 5) is 4.02. The molecule has 62 valence electrons. The highest BCUT2D eigenvalue weighted by atomic mass is 14.6. The number of hydrogen-bond acceptors (Lipinski definition) is 2. The van der Waals surface area contributed by atoms with Crippen LogP contribution in [0.2, 0.25) is 0 Å². The van der Waals surface area contributed by atoms with E-state index in [1.165, 1.54) is 0 Å². The lowest BCUT2D eigenvalue weighted by Gasteiger charge is -2.01. The van der Waals surface area contributed by atoms with Gasteiger partial charge in [0.25, 0.3) is 0 Å². The van der Waals surface area contributed by atoms with Gasteiger partial charge in [-0.15, -0.1) is 6.42 Å². The first-order valence-corrected chi connectivity index (χ1v) is 3.92. The summed E-state index contributed by atoms with van der Waals surface area (Å²) in [6.07, 6.45) is 8.73. The molecular weight excluding hydrogens is 160 g/mol. The molecule has 0 saturated carbocycles. The van der Waals surface area contributed by atoms with Gasteiger partial charge in [-0.1, -0.05) is 18.1 Å². The molecule has 2 rings (SSSR count). The molecular formula is C11H8N2. The lowest BCUT2D eigenvalue weighted by molar-refractivity contribution is 1.35. The molecule has 0 aliphatic carbocycles. The zero-order valence-corrected chi connectivity index (χ0v) is 6.99. The number of rotatable bonds is 0. The average Bonchev–Trinajstić information content (AvgIpc) is 2.18. The van der Waals surface area contributed by atoms with E-state index < -0.39 is 0 Å². The number of nitrogens with two attached hydrogens (primary N) is 1. The highest BCUT2D eigenvalue weighted by molar-refractivity contribution is 5.95. The van der Waals surface area contributed by atoms with Crippen LogP contribution in [0.25, 0.3) is 10.8 Å². The molecule has 0 fully saturated rings. The normalized spacial score (nSPS) is 9.77. The van der Waals surface area contributed by atoms with Crippen molar-refractivity contribution in [1.82, 2.24) is 4.98 Å². The molecule has 2 heteroatoms. The number of anilines is 1. The molecule has 13 heavy (non-hydrogen) atoms. The van der Waals surface area contributed by atoms with E-state index in [0.29, 0.717) is 5.69 Å². The smallest absolute Gasteiger partial charge is 0.0505 e. The number of pyridine rings is 1. The fraction of sp³-hybridized carbons (Fsp3) is 0. The van der Waals surface area contributed by atoms with Gasteiger partial charge in [-0.05, 0) is 6.07 Å². The number of benzene rings is 1. The summed E-state index contributed by atoms with van der Waals surface area (Å²) in [7, 11) is 0. The number of nitrogens with zero attached hydrogens (tertiary/aromatic N) is 1. The molecule has 0 radical (unpaired) electrons. The third-order valence-corrected chi connectivity index (χ3v) is 1.99. The Hall–Kier alpha value is -2.01. The zero-order chi connectivity index (χ0) is 9.26. The van der Waals surface area contributed by atoms with E-state index in [9.17, 15) is 0 Å². The highest BCUT2D eigenvalue weighted by Crippen LogP contribution is 2.21. The Kier molecular flexibility index (Phi) is 1.64. The van der Waals surface area contributed by atoms with Crippen LogP contribution in [0.1, 0.15) is 5.56 Å². The van der Waals surface area contributed by atoms with Crippen molar-refractivity contribution in [2.45, 2.75) is 0 Å². The minimum Gasteiger partial charge on any atom is -0.398 e. The van der Waals surface area contributed by atoms with Crippen LogP contribution in [-0.2, 0) is 0 Å². The van der Waals surface area contributed by atoms with Gasteiger partial charge >= 0.3 is 0 Å². The molecule has 0 aliphatic heterocycles. The van der Waals surface area contributed by atoms with E-state index in [2.05, 4.69) is 10.9 Å². The zero-order valence-electron chi connectivity index (χ0n) is 6.99. The maximum atomic E-state index is 5.77. The van der Waals surface area contributed by atoms with Gasteiger partial charge < -0.3 is 5.73 Å². The lowest BCUT2D eigenvalue weighted by Crippen LogP contribution is -1.89. The van der Waals surface area contributed by atoms with Crippen molar-refractivity contribution in [2.75, 3.05) is 5.73 Å². The fourth-order valence-corrected chi connectivity index (χ4v) is 1.33. The monoisotopic (exact) mass is 168 g/mol. The standard InChI is InChI=1S/C11H8N2/c1-2-8-6-13-7-10-9(8)4-3-5-11(10)12/h1,3-7H,12H2. The van der Waals surface area contributed by atoms with Crippen LogP contribution in [0.15, 0.2) is 30.6 Å². The Labute approximate surface area is 76.4 Å². The largest absolute Gasteiger partial charge is 0.398 e. The first-order chi connectivity index (χ1) is 6.33. The first kappa shape index (κ1) is 7.63. The maximum absolute atomic E-state index is 5.77. The molecule has 0 aliphatic rings. The predicted molar refractivity (Wildman–Crippen MR) is 54.1 cm³/mol. The molecule has 0 amide bonds. The first-order valence-electron chi connectivity index (χ1n) is 3.92. The summed E-state index contributed by atoms with van der Waals surface area (Å²) >= 11 is 0. The number of fused-ring (bicyclic) bond motifs is 1. The number of aromatic nitrogens is 1. The Balaban J connectivity index is 2.94.